The molecule has 12 aromatic rings. The van der Waals surface area contributed by atoms with E-state index in [1.807, 2.05) is 0 Å². The lowest BCUT2D eigenvalue weighted by atomic mass is 9.94. The molecule has 10 aromatic carbocycles. The highest BCUT2D eigenvalue weighted by molar-refractivity contribution is 6.28. The number of benzene rings is 10. The van der Waals surface area contributed by atoms with Crippen LogP contribution in [0.4, 0.5) is 17.1 Å². The van der Waals surface area contributed by atoms with Crippen LogP contribution in [0.2, 0.25) is 0 Å². The summed E-state index contributed by atoms with van der Waals surface area (Å²) in [5, 5.41) is 9.63. The van der Waals surface area contributed by atoms with E-state index in [1.165, 1.54) is 54.1 Å². The lowest BCUT2D eigenvalue weighted by Gasteiger charge is -2.26. The summed E-state index contributed by atoms with van der Waals surface area (Å²) in [4.78, 5) is 2.39. The van der Waals surface area contributed by atoms with Gasteiger partial charge in [-0.05, 0) is 105 Å². The zero-order valence-corrected chi connectivity index (χ0v) is 32.1. The Morgan fingerprint density at radius 2 is 0.949 bits per heavy atom. The van der Waals surface area contributed by atoms with Gasteiger partial charge < -0.3 is 13.9 Å². The summed E-state index contributed by atoms with van der Waals surface area (Å²) in [5.74, 6) is 0. The fourth-order valence-electron chi connectivity index (χ4n) is 9.29. The van der Waals surface area contributed by atoms with E-state index in [9.17, 15) is 0 Å². The lowest BCUT2D eigenvalue weighted by Crippen LogP contribution is -2.10. The van der Waals surface area contributed by atoms with Crippen molar-refractivity contribution in [2.75, 3.05) is 4.90 Å². The first-order valence-electron chi connectivity index (χ1n) is 20.2. The third-order valence-electron chi connectivity index (χ3n) is 12.0. The predicted molar refractivity (Wildman–Crippen MR) is 249 cm³/mol. The van der Waals surface area contributed by atoms with Crippen molar-refractivity contribution in [3.8, 4) is 27.9 Å². The number of anilines is 3. The minimum absolute atomic E-state index is 0.913. The first-order chi connectivity index (χ1) is 29.3. The fourth-order valence-corrected chi connectivity index (χ4v) is 9.29. The van der Waals surface area contributed by atoms with E-state index < -0.39 is 0 Å². The van der Waals surface area contributed by atoms with Crippen LogP contribution in [0, 0.1) is 0 Å². The van der Waals surface area contributed by atoms with Crippen LogP contribution in [0.3, 0.4) is 0 Å². The van der Waals surface area contributed by atoms with Crippen LogP contribution >= 0.6 is 0 Å². The summed E-state index contributed by atoms with van der Waals surface area (Å²) in [6.45, 7) is 0. The number of furan rings is 1. The quantitative estimate of drug-likeness (QED) is 0.169. The summed E-state index contributed by atoms with van der Waals surface area (Å²) >= 11 is 0. The molecule has 0 amide bonds. The van der Waals surface area contributed by atoms with E-state index in [1.54, 1.807) is 0 Å². The van der Waals surface area contributed by atoms with Crippen LogP contribution in [0.25, 0.3) is 93.2 Å². The van der Waals surface area contributed by atoms with E-state index in [-0.39, 0.29) is 0 Å². The molecule has 0 radical (unpaired) electrons. The van der Waals surface area contributed by atoms with Crippen molar-refractivity contribution in [2.45, 2.75) is 0 Å². The zero-order valence-electron chi connectivity index (χ0n) is 32.1. The van der Waals surface area contributed by atoms with Crippen molar-refractivity contribution < 1.29 is 4.42 Å². The summed E-state index contributed by atoms with van der Waals surface area (Å²) in [6, 6.07) is 78.5. The Labute approximate surface area is 341 Å². The standard InChI is InChI=1S/C56H36N2O/c1-3-16-42(17-4-1)57(50-24-13-25-51-53(50)47-22-11-12-23-49(47)58(51)43-18-5-2-6-19-43)44-33-30-38(31-34-44)37-26-28-40(29-27-37)48-36-41-15-8-10-21-46(41)55-54-45-20-9-7-14-39(45)32-35-52(54)59-56(48)55/h1-36H. The molecule has 0 aliphatic carbocycles. The summed E-state index contributed by atoms with van der Waals surface area (Å²) in [5.41, 5.74) is 13.2. The fraction of sp³-hybridized carbons (Fsp3) is 0. The number of hydrogen-bond donors (Lipinski definition) is 0. The average molecular weight is 753 g/mol. The molecule has 0 atom stereocenters. The van der Waals surface area contributed by atoms with E-state index in [0.717, 1.165) is 56.2 Å². The number of para-hydroxylation sites is 3. The Morgan fingerprint density at radius 1 is 0.373 bits per heavy atom. The Hall–Kier alpha value is -7.88. The minimum atomic E-state index is 0.913. The van der Waals surface area contributed by atoms with Crippen LogP contribution in [0.1, 0.15) is 0 Å². The predicted octanol–water partition coefficient (Wildman–Crippen LogP) is 15.8. The molecule has 3 nitrogen and oxygen atoms in total. The third-order valence-corrected chi connectivity index (χ3v) is 12.0. The van der Waals surface area contributed by atoms with Crippen molar-refractivity contribution in [3.05, 3.63) is 218 Å². The third kappa shape index (κ3) is 5.29. The van der Waals surface area contributed by atoms with E-state index in [0.29, 0.717) is 0 Å². The molecule has 0 saturated carbocycles. The molecular weight excluding hydrogens is 717 g/mol. The molecule has 0 saturated heterocycles. The molecule has 59 heavy (non-hydrogen) atoms. The second-order valence-electron chi connectivity index (χ2n) is 15.3. The van der Waals surface area contributed by atoms with Gasteiger partial charge in [-0.25, -0.2) is 0 Å². The van der Waals surface area contributed by atoms with Gasteiger partial charge in [0.15, 0.2) is 0 Å². The molecular formula is C56H36N2O. The zero-order chi connectivity index (χ0) is 38.9. The highest BCUT2D eigenvalue weighted by Crippen LogP contribution is 2.46. The van der Waals surface area contributed by atoms with Gasteiger partial charge in [0.25, 0.3) is 0 Å². The second-order valence-corrected chi connectivity index (χ2v) is 15.3. The van der Waals surface area contributed by atoms with Gasteiger partial charge in [0.1, 0.15) is 11.2 Å². The number of fused-ring (bicyclic) bond motifs is 10. The SMILES string of the molecule is c1ccc(N(c2ccc(-c3ccc(-c4cc5ccccc5c5c4oc4ccc6ccccc6c45)cc3)cc2)c2cccc3c2c2ccccc2n3-c2ccccc2)cc1. The number of aromatic nitrogens is 1. The molecule has 12 rings (SSSR count). The lowest BCUT2D eigenvalue weighted by molar-refractivity contribution is 0.670. The van der Waals surface area contributed by atoms with E-state index in [4.69, 9.17) is 4.42 Å². The molecule has 0 spiro atoms. The van der Waals surface area contributed by atoms with Gasteiger partial charge in [-0.1, -0.05) is 152 Å². The molecule has 2 aromatic heterocycles. The van der Waals surface area contributed by atoms with Crippen LogP contribution in [0.5, 0.6) is 0 Å². The maximum absolute atomic E-state index is 6.75. The van der Waals surface area contributed by atoms with Gasteiger partial charge in [-0.3, -0.25) is 0 Å². The molecule has 276 valence electrons. The monoisotopic (exact) mass is 752 g/mol. The van der Waals surface area contributed by atoms with Gasteiger partial charge in [-0.2, -0.15) is 0 Å². The maximum Gasteiger partial charge on any atom is 0.143 e. The van der Waals surface area contributed by atoms with Crippen LogP contribution in [-0.2, 0) is 0 Å². The minimum Gasteiger partial charge on any atom is -0.455 e. The molecule has 3 heteroatoms. The van der Waals surface area contributed by atoms with Gasteiger partial charge in [-0.15, -0.1) is 0 Å². The average Bonchev–Trinajstić information content (AvgIpc) is 3.88. The second kappa shape index (κ2) is 13.4. The summed E-state index contributed by atoms with van der Waals surface area (Å²) in [6.07, 6.45) is 0. The molecule has 0 aliphatic rings. The van der Waals surface area contributed by atoms with Gasteiger partial charge >= 0.3 is 0 Å². The molecule has 0 N–H and O–H groups in total. The molecule has 0 bridgehead atoms. The highest BCUT2D eigenvalue weighted by Gasteiger charge is 2.22. The Balaban J connectivity index is 0.958. The Morgan fingerprint density at radius 3 is 1.71 bits per heavy atom. The van der Waals surface area contributed by atoms with Gasteiger partial charge in [0.05, 0.1) is 16.7 Å². The summed E-state index contributed by atoms with van der Waals surface area (Å²) in [7, 11) is 0. The van der Waals surface area contributed by atoms with Crippen molar-refractivity contribution in [3.63, 3.8) is 0 Å². The smallest absolute Gasteiger partial charge is 0.143 e. The van der Waals surface area contributed by atoms with Crippen LogP contribution in [0.15, 0.2) is 223 Å². The number of hydrogen-bond acceptors (Lipinski definition) is 2. The number of nitrogens with zero attached hydrogens (tertiary/aromatic N) is 2. The van der Waals surface area contributed by atoms with Crippen molar-refractivity contribution >= 4 is 82.4 Å². The van der Waals surface area contributed by atoms with Crippen molar-refractivity contribution in [1.82, 2.24) is 4.57 Å². The largest absolute Gasteiger partial charge is 0.455 e. The van der Waals surface area contributed by atoms with Crippen molar-refractivity contribution in [2.24, 2.45) is 0 Å². The summed E-state index contributed by atoms with van der Waals surface area (Å²) < 4.78 is 9.12. The van der Waals surface area contributed by atoms with Crippen molar-refractivity contribution in [1.29, 1.82) is 0 Å². The molecule has 2 heterocycles. The number of rotatable bonds is 6. The molecule has 0 fully saturated rings. The molecule has 0 unspecified atom stereocenters. The van der Waals surface area contributed by atoms with Crippen LogP contribution in [-0.4, -0.2) is 4.57 Å². The normalized spacial score (nSPS) is 11.7. The molecule has 0 aliphatic heterocycles. The van der Waals surface area contributed by atoms with E-state index in [2.05, 4.69) is 228 Å². The Kier molecular flexibility index (Phi) is 7.54. The first kappa shape index (κ1) is 33.3. The van der Waals surface area contributed by atoms with E-state index >= 15 is 0 Å². The van der Waals surface area contributed by atoms with Crippen LogP contribution < -0.4 is 4.90 Å². The van der Waals surface area contributed by atoms with Gasteiger partial charge in [0.2, 0.25) is 0 Å². The highest BCUT2D eigenvalue weighted by atomic mass is 16.3. The maximum atomic E-state index is 6.75. The topological polar surface area (TPSA) is 21.3 Å². The van der Waals surface area contributed by atoms with Gasteiger partial charge in [0, 0.05) is 44.2 Å². The Bertz CT molecular complexity index is 3530. The first-order valence-corrected chi connectivity index (χ1v) is 20.2.